The number of amidine groups is 1. The summed E-state index contributed by atoms with van der Waals surface area (Å²) in [6.07, 6.45) is 1.78. The lowest BCUT2D eigenvalue weighted by Gasteiger charge is -2.44. The molecular formula is C19H21N7O3. The van der Waals surface area contributed by atoms with Gasteiger partial charge in [-0.25, -0.2) is 15.2 Å². The Bertz CT molecular complexity index is 1070. The van der Waals surface area contributed by atoms with Crippen LogP contribution < -0.4 is 5.43 Å². The number of ether oxygens (including phenoxy) is 1. The molecule has 2 aromatic rings. The van der Waals surface area contributed by atoms with Gasteiger partial charge in [-0.1, -0.05) is 18.2 Å². The van der Waals surface area contributed by atoms with Crippen LogP contribution in [0.4, 0.5) is 4.79 Å². The number of likely N-dealkylation sites (N-methyl/N-ethyl adjacent to an activating group) is 2. The number of aliphatic imine (C=N–C) groups is 1. The molecule has 0 bridgehead atoms. The first-order chi connectivity index (χ1) is 14.0. The van der Waals surface area contributed by atoms with Crippen LogP contribution >= 0.6 is 0 Å². The van der Waals surface area contributed by atoms with Crippen molar-refractivity contribution in [2.24, 2.45) is 10.1 Å². The van der Waals surface area contributed by atoms with Gasteiger partial charge in [0.2, 0.25) is 11.5 Å². The molecule has 3 aliphatic rings. The first kappa shape index (κ1) is 17.7. The Hall–Kier alpha value is -3.40. The first-order valence-corrected chi connectivity index (χ1v) is 9.43. The maximum absolute atomic E-state index is 13.6. The minimum absolute atomic E-state index is 0.257. The van der Waals surface area contributed by atoms with Crippen molar-refractivity contribution >= 4 is 34.6 Å². The van der Waals surface area contributed by atoms with Gasteiger partial charge in [0.25, 0.3) is 5.91 Å². The van der Waals surface area contributed by atoms with Crippen LogP contribution in [0.3, 0.4) is 0 Å². The summed E-state index contributed by atoms with van der Waals surface area (Å²) in [5.41, 5.74) is 3.02. The van der Waals surface area contributed by atoms with Crippen LogP contribution in [0.1, 0.15) is 5.56 Å². The number of rotatable bonds is 1. The van der Waals surface area contributed by atoms with E-state index in [1.165, 1.54) is 11.9 Å². The molecule has 0 saturated carbocycles. The zero-order chi connectivity index (χ0) is 20.2. The molecule has 5 rings (SSSR count). The maximum Gasteiger partial charge on any atom is 0.331 e. The molecule has 29 heavy (non-hydrogen) atoms. The topological polar surface area (TPSA) is 106 Å². The van der Waals surface area contributed by atoms with Gasteiger partial charge in [0.05, 0.1) is 13.2 Å². The second-order valence-corrected chi connectivity index (χ2v) is 7.25. The van der Waals surface area contributed by atoms with Crippen molar-refractivity contribution in [1.82, 2.24) is 25.1 Å². The second-order valence-electron chi connectivity index (χ2n) is 7.25. The van der Waals surface area contributed by atoms with Crippen LogP contribution in [0.25, 0.3) is 10.9 Å². The van der Waals surface area contributed by atoms with Gasteiger partial charge in [-0.2, -0.15) is 5.10 Å². The third-order valence-electron chi connectivity index (χ3n) is 5.65. The smallest absolute Gasteiger partial charge is 0.331 e. The van der Waals surface area contributed by atoms with E-state index in [0.29, 0.717) is 37.8 Å². The van der Waals surface area contributed by atoms with Gasteiger partial charge in [0.1, 0.15) is 0 Å². The highest BCUT2D eigenvalue weighted by molar-refractivity contribution is 6.26. The minimum atomic E-state index is -1.46. The monoisotopic (exact) mass is 395 g/mol. The van der Waals surface area contributed by atoms with Crippen molar-refractivity contribution in [3.05, 3.63) is 36.0 Å². The molecule has 150 valence electrons. The average molecular weight is 395 g/mol. The molecule has 10 nitrogen and oxygen atoms in total. The summed E-state index contributed by atoms with van der Waals surface area (Å²) in [4.78, 5) is 38.8. The van der Waals surface area contributed by atoms with Crippen molar-refractivity contribution in [3.8, 4) is 0 Å². The lowest BCUT2D eigenvalue weighted by Crippen LogP contribution is -2.67. The van der Waals surface area contributed by atoms with Crippen molar-refractivity contribution in [3.63, 3.8) is 0 Å². The van der Waals surface area contributed by atoms with Gasteiger partial charge in [-0.05, 0) is 6.07 Å². The number of para-hydroxylation sites is 1. The number of benzene rings is 1. The molecule has 0 aliphatic carbocycles. The van der Waals surface area contributed by atoms with Gasteiger partial charge in [0, 0.05) is 49.8 Å². The Kier molecular flexibility index (Phi) is 3.85. The molecule has 4 heterocycles. The number of hydrogen-bond acceptors (Lipinski definition) is 7. The van der Waals surface area contributed by atoms with Crippen molar-refractivity contribution < 1.29 is 14.3 Å². The largest absolute Gasteiger partial charge is 0.378 e. The van der Waals surface area contributed by atoms with Gasteiger partial charge in [-0.3, -0.25) is 14.6 Å². The number of hydrazone groups is 1. The van der Waals surface area contributed by atoms with Gasteiger partial charge < -0.3 is 14.6 Å². The van der Waals surface area contributed by atoms with Crippen LogP contribution in [0.15, 0.2) is 40.6 Å². The summed E-state index contributed by atoms with van der Waals surface area (Å²) in [7, 11) is 3.07. The number of nitrogens with one attached hydrogen (secondary N) is 2. The number of hydrogen-bond donors (Lipinski definition) is 2. The number of aromatic amines is 1. The van der Waals surface area contributed by atoms with Crippen molar-refractivity contribution in [2.45, 2.75) is 5.54 Å². The fourth-order valence-corrected chi connectivity index (χ4v) is 4.11. The lowest BCUT2D eigenvalue weighted by molar-refractivity contribution is -0.132. The first-order valence-electron chi connectivity index (χ1n) is 9.43. The molecule has 10 heteroatoms. The number of amides is 3. The molecule has 2 fully saturated rings. The number of aromatic nitrogens is 1. The number of carbonyl (C=O) groups excluding carboxylic acids is 2. The van der Waals surface area contributed by atoms with Crippen LogP contribution in [0, 0.1) is 0 Å². The number of fused-ring (bicyclic) bond motifs is 2. The quantitative estimate of drug-likeness (QED) is 0.731. The van der Waals surface area contributed by atoms with E-state index in [2.05, 4.69) is 15.5 Å². The molecular weight excluding hydrogens is 374 g/mol. The van der Waals surface area contributed by atoms with Crippen LogP contribution in [-0.4, -0.2) is 83.8 Å². The highest BCUT2D eigenvalue weighted by Gasteiger charge is 2.58. The Morgan fingerprint density at radius 3 is 2.66 bits per heavy atom. The third kappa shape index (κ3) is 2.38. The fraction of sp³-hybridized carbons (Fsp3) is 0.368. The summed E-state index contributed by atoms with van der Waals surface area (Å²) in [6.45, 7) is 2.42. The Morgan fingerprint density at radius 2 is 1.86 bits per heavy atom. The zero-order valence-electron chi connectivity index (χ0n) is 16.2. The molecule has 1 aromatic carbocycles. The number of H-pyrrole nitrogens is 1. The number of nitrogens with zero attached hydrogens (tertiary/aromatic N) is 5. The lowest BCUT2D eigenvalue weighted by atomic mass is 9.84. The molecule has 2 saturated heterocycles. The van der Waals surface area contributed by atoms with E-state index in [1.54, 1.807) is 13.2 Å². The number of urea groups is 1. The zero-order valence-corrected chi connectivity index (χ0v) is 16.2. The third-order valence-corrected chi connectivity index (χ3v) is 5.65. The van der Waals surface area contributed by atoms with Crippen molar-refractivity contribution in [1.29, 1.82) is 0 Å². The van der Waals surface area contributed by atoms with E-state index >= 15 is 0 Å². The predicted octanol–water partition coefficient (Wildman–Crippen LogP) is 0.492. The minimum Gasteiger partial charge on any atom is -0.378 e. The summed E-state index contributed by atoms with van der Waals surface area (Å²) < 4.78 is 5.43. The van der Waals surface area contributed by atoms with E-state index < -0.39 is 17.5 Å². The Balaban J connectivity index is 1.75. The van der Waals surface area contributed by atoms with E-state index in [9.17, 15) is 9.59 Å². The Morgan fingerprint density at radius 1 is 1.10 bits per heavy atom. The molecule has 3 amide bonds. The molecule has 2 N–H and O–H groups in total. The fourth-order valence-electron chi connectivity index (χ4n) is 4.11. The van der Waals surface area contributed by atoms with E-state index in [4.69, 9.17) is 9.73 Å². The number of morpholine rings is 1. The summed E-state index contributed by atoms with van der Waals surface area (Å²) in [5, 5.41) is 5.31. The molecule has 0 radical (unpaired) electrons. The summed E-state index contributed by atoms with van der Waals surface area (Å²) >= 11 is 0. The van der Waals surface area contributed by atoms with Crippen LogP contribution in [-0.2, 0) is 15.1 Å². The normalized spacial score (nSPS) is 25.0. The number of guanidine groups is 1. The van der Waals surface area contributed by atoms with Gasteiger partial charge in [-0.15, -0.1) is 0 Å². The second kappa shape index (κ2) is 6.31. The standard InChI is InChI=1S/C19H21N7O3/c1-24-15-19(16(27)25(2)18(24)28,13-11-20-14-6-4-3-5-12(13)14)21-17(23-22-15)26-7-9-29-10-8-26/h3-6,11,20H,7-10H2,1-2H3,(H,21,23). The van der Waals surface area contributed by atoms with Gasteiger partial charge in [0.15, 0.2) is 5.84 Å². The molecule has 1 atom stereocenters. The summed E-state index contributed by atoms with van der Waals surface area (Å²) in [5.74, 6) is 0.315. The van der Waals surface area contributed by atoms with E-state index in [1.807, 2.05) is 29.2 Å². The van der Waals surface area contributed by atoms with Gasteiger partial charge >= 0.3 is 6.03 Å². The molecule has 1 aromatic heterocycles. The number of carbonyl (C=O) groups is 2. The van der Waals surface area contributed by atoms with Crippen molar-refractivity contribution in [2.75, 3.05) is 40.4 Å². The Labute approximate surface area is 166 Å². The number of imide groups is 1. The van der Waals surface area contributed by atoms with Crippen LogP contribution in [0.2, 0.25) is 0 Å². The highest BCUT2D eigenvalue weighted by atomic mass is 16.5. The van der Waals surface area contributed by atoms with E-state index in [-0.39, 0.29) is 5.84 Å². The average Bonchev–Trinajstić information content (AvgIpc) is 3.21. The molecule has 3 aliphatic heterocycles. The SMILES string of the molecule is CN1C(=O)N(C)C2=NNC(N3CCOCC3)=NC2(c2c[nH]c3ccccc23)C1=O. The van der Waals surface area contributed by atoms with E-state index in [0.717, 1.165) is 15.8 Å². The summed E-state index contributed by atoms with van der Waals surface area (Å²) in [6, 6.07) is 7.25. The predicted molar refractivity (Wildman–Crippen MR) is 106 cm³/mol. The highest BCUT2D eigenvalue weighted by Crippen LogP contribution is 2.40. The maximum atomic E-state index is 13.6. The van der Waals surface area contributed by atoms with Crippen LogP contribution in [0.5, 0.6) is 0 Å². The molecule has 1 unspecified atom stereocenters. The molecule has 0 spiro atoms.